The van der Waals surface area contributed by atoms with Gasteiger partial charge in [-0.2, -0.15) is 0 Å². The molecule has 2 rings (SSSR count). The molecular formula is C14H19NO2. The molecule has 0 saturated heterocycles. The molecule has 1 atom stereocenters. The van der Waals surface area contributed by atoms with Gasteiger partial charge in [0.1, 0.15) is 0 Å². The van der Waals surface area contributed by atoms with Gasteiger partial charge in [0.05, 0.1) is 11.3 Å². The van der Waals surface area contributed by atoms with E-state index in [0.29, 0.717) is 11.5 Å². The molecule has 92 valence electrons. The standard InChI is InChI=1S/C14H19NO2/c1-8-5-10-9(2)7-14(3,4)15-12(10)11(6-8)13(16)17/h5-6,9,15H,7H2,1-4H3,(H,16,17). The van der Waals surface area contributed by atoms with Crippen molar-refractivity contribution < 1.29 is 9.90 Å². The van der Waals surface area contributed by atoms with Gasteiger partial charge in [0.15, 0.2) is 0 Å². The second kappa shape index (κ2) is 3.76. The first-order chi connectivity index (χ1) is 7.80. The first kappa shape index (κ1) is 12.0. The average molecular weight is 233 g/mol. The summed E-state index contributed by atoms with van der Waals surface area (Å²) in [6, 6.07) is 3.83. The number of hydrogen-bond donors (Lipinski definition) is 2. The van der Waals surface area contributed by atoms with Crippen LogP contribution in [0, 0.1) is 6.92 Å². The van der Waals surface area contributed by atoms with Crippen molar-refractivity contribution in [3.63, 3.8) is 0 Å². The number of fused-ring (bicyclic) bond motifs is 1. The van der Waals surface area contributed by atoms with Crippen molar-refractivity contribution in [3.8, 4) is 0 Å². The molecule has 0 amide bonds. The first-order valence-electron chi connectivity index (χ1n) is 5.96. The van der Waals surface area contributed by atoms with Gasteiger partial charge >= 0.3 is 5.97 Å². The van der Waals surface area contributed by atoms with Gasteiger partial charge in [-0.15, -0.1) is 0 Å². The zero-order valence-electron chi connectivity index (χ0n) is 10.8. The fraction of sp³-hybridized carbons (Fsp3) is 0.500. The lowest BCUT2D eigenvalue weighted by Crippen LogP contribution is -2.37. The predicted octanol–water partition coefficient (Wildman–Crippen LogP) is 3.39. The van der Waals surface area contributed by atoms with E-state index in [9.17, 15) is 9.90 Å². The van der Waals surface area contributed by atoms with Crippen LogP contribution in [-0.4, -0.2) is 16.6 Å². The lowest BCUT2D eigenvalue weighted by Gasteiger charge is -2.38. The molecule has 2 N–H and O–H groups in total. The molecule has 1 unspecified atom stereocenters. The van der Waals surface area contributed by atoms with E-state index < -0.39 is 5.97 Å². The van der Waals surface area contributed by atoms with Crippen LogP contribution in [0.5, 0.6) is 0 Å². The number of hydrogen-bond acceptors (Lipinski definition) is 2. The Kier molecular flexibility index (Phi) is 2.64. The quantitative estimate of drug-likeness (QED) is 0.781. The third kappa shape index (κ3) is 2.14. The van der Waals surface area contributed by atoms with Crippen LogP contribution in [-0.2, 0) is 0 Å². The van der Waals surface area contributed by atoms with Gasteiger partial charge in [0, 0.05) is 5.54 Å². The summed E-state index contributed by atoms with van der Waals surface area (Å²) in [6.07, 6.45) is 1.02. The molecule has 3 nitrogen and oxygen atoms in total. The number of aromatic carboxylic acids is 1. The van der Waals surface area contributed by atoms with E-state index in [1.807, 2.05) is 6.92 Å². The number of anilines is 1. The van der Waals surface area contributed by atoms with E-state index in [1.54, 1.807) is 6.07 Å². The monoisotopic (exact) mass is 233 g/mol. The number of aryl methyl sites for hydroxylation is 1. The number of nitrogens with one attached hydrogen (secondary N) is 1. The molecule has 1 aromatic rings. The second-order valence-electron chi connectivity index (χ2n) is 5.70. The summed E-state index contributed by atoms with van der Waals surface area (Å²) >= 11 is 0. The van der Waals surface area contributed by atoms with E-state index in [1.165, 1.54) is 0 Å². The predicted molar refractivity (Wildman–Crippen MR) is 68.9 cm³/mol. The molecule has 17 heavy (non-hydrogen) atoms. The molecule has 1 aromatic carbocycles. The molecule has 0 spiro atoms. The maximum Gasteiger partial charge on any atom is 0.337 e. The van der Waals surface area contributed by atoms with E-state index in [-0.39, 0.29) is 5.54 Å². The van der Waals surface area contributed by atoms with Crippen LogP contribution in [0.4, 0.5) is 5.69 Å². The van der Waals surface area contributed by atoms with E-state index >= 15 is 0 Å². The van der Waals surface area contributed by atoms with Crippen molar-refractivity contribution in [3.05, 3.63) is 28.8 Å². The normalized spacial score (nSPS) is 21.5. The Morgan fingerprint density at radius 3 is 2.71 bits per heavy atom. The zero-order valence-corrected chi connectivity index (χ0v) is 10.8. The molecule has 3 heteroatoms. The van der Waals surface area contributed by atoms with Gasteiger partial charge < -0.3 is 10.4 Å². The highest BCUT2D eigenvalue weighted by molar-refractivity contribution is 5.96. The Morgan fingerprint density at radius 2 is 2.12 bits per heavy atom. The van der Waals surface area contributed by atoms with Crippen LogP contribution < -0.4 is 5.32 Å². The minimum absolute atomic E-state index is 0.0497. The fourth-order valence-corrected chi connectivity index (χ4v) is 2.78. The third-order valence-electron chi connectivity index (χ3n) is 3.35. The van der Waals surface area contributed by atoms with Crippen LogP contribution >= 0.6 is 0 Å². The summed E-state index contributed by atoms with van der Waals surface area (Å²) in [5.41, 5.74) is 3.27. The van der Waals surface area contributed by atoms with Gasteiger partial charge in [0.25, 0.3) is 0 Å². The Balaban J connectivity index is 2.63. The minimum Gasteiger partial charge on any atom is -0.478 e. The highest BCUT2D eigenvalue weighted by atomic mass is 16.4. The molecule has 1 aliphatic heterocycles. The summed E-state index contributed by atoms with van der Waals surface area (Å²) in [6.45, 7) is 8.32. The van der Waals surface area contributed by atoms with Crippen molar-refractivity contribution in [1.29, 1.82) is 0 Å². The molecule has 1 heterocycles. The molecule has 0 aliphatic carbocycles. The maximum atomic E-state index is 11.3. The number of benzene rings is 1. The van der Waals surface area contributed by atoms with Gasteiger partial charge in [-0.3, -0.25) is 0 Å². The van der Waals surface area contributed by atoms with Gasteiger partial charge in [-0.1, -0.05) is 13.0 Å². The Morgan fingerprint density at radius 1 is 1.47 bits per heavy atom. The fourth-order valence-electron chi connectivity index (χ4n) is 2.78. The lowest BCUT2D eigenvalue weighted by atomic mass is 9.80. The van der Waals surface area contributed by atoms with Crippen LogP contribution in [0.25, 0.3) is 0 Å². The summed E-state index contributed by atoms with van der Waals surface area (Å²) in [7, 11) is 0. The van der Waals surface area contributed by atoms with Crippen molar-refractivity contribution in [2.24, 2.45) is 0 Å². The van der Waals surface area contributed by atoms with Gasteiger partial charge in [-0.05, 0) is 50.3 Å². The molecule has 0 bridgehead atoms. The molecule has 0 radical (unpaired) electrons. The summed E-state index contributed by atoms with van der Waals surface area (Å²) in [5, 5.41) is 12.6. The van der Waals surface area contributed by atoms with Crippen LogP contribution in [0.3, 0.4) is 0 Å². The highest BCUT2D eigenvalue weighted by Crippen LogP contribution is 2.40. The van der Waals surface area contributed by atoms with Gasteiger partial charge in [0.2, 0.25) is 0 Å². The smallest absolute Gasteiger partial charge is 0.337 e. The average Bonchev–Trinajstić information content (AvgIpc) is 2.17. The summed E-state index contributed by atoms with van der Waals surface area (Å²) in [4.78, 5) is 11.3. The number of carboxylic acid groups (broad SMARTS) is 1. The van der Waals surface area contributed by atoms with E-state index in [2.05, 4.69) is 32.2 Å². The van der Waals surface area contributed by atoms with E-state index in [0.717, 1.165) is 23.2 Å². The third-order valence-corrected chi connectivity index (χ3v) is 3.35. The first-order valence-corrected chi connectivity index (χ1v) is 5.96. The van der Waals surface area contributed by atoms with E-state index in [4.69, 9.17) is 0 Å². The largest absolute Gasteiger partial charge is 0.478 e. The summed E-state index contributed by atoms with van der Waals surface area (Å²) in [5.74, 6) is -0.471. The maximum absolute atomic E-state index is 11.3. The molecule has 0 fully saturated rings. The molecule has 0 saturated carbocycles. The van der Waals surface area contributed by atoms with Crippen molar-refractivity contribution in [2.75, 3.05) is 5.32 Å². The molecule has 0 aromatic heterocycles. The van der Waals surface area contributed by atoms with Gasteiger partial charge in [-0.25, -0.2) is 4.79 Å². The SMILES string of the molecule is Cc1cc(C(=O)O)c2c(c1)C(C)CC(C)(C)N2. The zero-order chi connectivity index (χ0) is 12.8. The molecular weight excluding hydrogens is 214 g/mol. The Bertz CT molecular complexity index is 477. The van der Waals surface area contributed by atoms with Crippen molar-refractivity contribution in [1.82, 2.24) is 0 Å². The molecule has 1 aliphatic rings. The Labute approximate surface area is 102 Å². The van der Waals surface area contributed by atoms with Crippen LogP contribution in [0.1, 0.15) is 54.6 Å². The number of carboxylic acids is 1. The number of rotatable bonds is 1. The second-order valence-corrected chi connectivity index (χ2v) is 5.70. The Hall–Kier alpha value is -1.51. The van der Waals surface area contributed by atoms with Crippen molar-refractivity contribution in [2.45, 2.75) is 45.6 Å². The highest BCUT2D eigenvalue weighted by Gasteiger charge is 2.32. The minimum atomic E-state index is -0.859. The lowest BCUT2D eigenvalue weighted by molar-refractivity contribution is 0.0697. The topological polar surface area (TPSA) is 49.3 Å². The number of carbonyl (C=O) groups is 1. The summed E-state index contributed by atoms with van der Waals surface area (Å²) < 4.78 is 0. The van der Waals surface area contributed by atoms with Crippen LogP contribution in [0.15, 0.2) is 12.1 Å². The van der Waals surface area contributed by atoms with Crippen molar-refractivity contribution >= 4 is 11.7 Å². The van der Waals surface area contributed by atoms with Crippen LogP contribution in [0.2, 0.25) is 0 Å².